The smallest absolute Gasteiger partial charge is 0.215 e. The lowest BCUT2D eigenvalue weighted by molar-refractivity contribution is -0.107. The van der Waals surface area contributed by atoms with E-state index in [0.717, 1.165) is 36.4 Å². The van der Waals surface area contributed by atoms with Crippen LogP contribution in [0.1, 0.15) is 31.5 Å². The van der Waals surface area contributed by atoms with Crippen molar-refractivity contribution in [3.63, 3.8) is 0 Å². The van der Waals surface area contributed by atoms with Crippen LogP contribution in [0.4, 0.5) is 17.3 Å². The van der Waals surface area contributed by atoms with Crippen LogP contribution in [0.25, 0.3) is 0 Å². The summed E-state index contributed by atoms with van der Waals surface area (Å²) in [5.41, 5.74) is 2.59. The minimum Gasteiger partial charge on any atom is -0.382 e. The second-order valence-corrected chi connectivity index (χ2v) is 6.79. The van der Waals surface area contributed by atoms with Crippen LogP contribution in [0.5, 0.6) is 0 Å². The summed E-state index contributed by atoms with van der Waals surface area (Å²) in [6.07, 6.45) is 3.61. The van der Waals surface area contributed by atoms with Crippen molar-refractivity contribution >= 4 is 35.5 Å². The number of rotatable bonds is 10. The van der Waals surface area contributed by atoms with Gasteiger partial charge < -0.3 is 10.6 Å². The Morgan fingerprint density at radius 1 is 1.27 bits per heavy atom. The molecule has 0 saturated heterocycles. The zero-order chi connectivity index (χ0) is 18.9. The molecule has 2 N–H and O–H groups in total. The van der Waals surface area contributed by atoms with Crippen molar-refractivity contribution in [1.82, 2.24) is 15.0 Å². The summed E-state index contributed by atoms with van der Waals surface area (Å²) in [5, 5.41) is 7.04. The number of thioether (sulfide) groups is 1. The van der Waals surface area contributed by atoms with Gasteiger partial charge in [0.1, 0.15) is 5.69 Å². The van der Waals surface area contributed by atoms with Crippen molar-refractivity contribution in [3.8, 4) is 0 Å². The Morgan fingerprint density at radius 2 is 2.08 bits per heavy atom. The van der Waals surface area contributed by atoms with Crippen molar-refractivity contribution in [2.75, 3.05) is 34.9 Å². The molecule has 26 heavy (non-hydrogen) atoms. The number of carbonyl (C=O) groups is 1. The van der Waals surface area contributed by atoms with Gasteiger partial charge >= 0.3 is 0 Å². The zero-order valence-corrected chi connectivity index (χ0v) is 16.6. The summed E-state index contributed by atoms with van der Waals surface area (Å²) < 4.78 is 0. The maximum Gasteiger partial charge on any atom is 0.215 e. The normalized spacial score (nSPS) is 10.5. The fourth-order valence-electron chi connectivity index (χ4n) is 2.37. The van der Waals surface area contributed by atoms with Crippen LogP contribution in [-0.4, -0.2) is 40.7 Å². The number of amides is 1. The molecule has 0 spiro atoms. The third kappa shape index (κ3) is 5.08. The van der Waals surface area contributed by atoms with Gasteiger partial charge in [-0.1, -0.05) is 24.8 Å². The van der Waals surface area contributed by atoms with Crippen LogP contribution < -0.4 is 15.5 Å². The number of nitrogens with one attached hydrogen (secondary N) is 2. The lowest BCUT2D eigenvalue weighted by Crippen LogP contribution is -2.24. The monoisotopic (exact) mass is 374 g/mol. The lowest BCUT2D eigenvalue weighted by Gasteiger charge is -2.22. The number of hydrogen-bond donors (Lipinski definition) is 2. The molecular weight excluding hydrogens is 348 g/mol. The highest BCUT2D eigenvalue weighted by Gasteiger charge is 2.19. The average molecular weight is 375 g/mol. The predicted molar refractivity (Wildman–Crippen MR) is 108 cm³/mol. The molecule has 1 amide bonds. The first-order valence-electron chi connectivity index (χ1n) is 8.72. The molecule has 140 valence electrons. The number of aromatic nitrogens is 3. The summed E-state index contributed by atoms with van der Waals surface area (Å²) in [6, 6.07) is 3.90. The Balaban J connectivity index is 2.42. The van der Waals surface area contributed by atoms with Gasteiger partial charge in [0.05, 0.1) is 6.54 Å². The zero-order valence-electron chi connectivity index (χ0n) is 15.7. The van der Waals surface area contributed by atoms with E-state index < -0.39 is 0 Å². The van der Waals surface area contributed by atoms with Crippen molar-refractivity contribution < 1.29 is 4.79 Å². The first-order chi connectivity index (χ1) is 12.6. The molecule has 2 heterocycles. The van der Waals surface area contributed by atoms with Gasteiger partial charge in [-0.2, -0.15) is 0 Å². The molecule has 2 rings (SSSR count). The lowest BCUT2D eigenvalue weighted by atomic mass is 10.2. The largest absolute Gasteiger partial charge is 0.382 e. The van der Waals surface area contributed by atoms with Crippen LogP contribution in [0.2, 0.25) is 0 Å². The van der Waals surface area contributed by atoms with E-state index in [1.165, 1.54) is 0 Å². The summed E-state index contributed by atoms with van der Waals surface area (Å²) >= 11 is 1.59. The molecule has 8 heteroatoms. The predicted octanol–water partition coefficient (Wildman–Crippen LogP) is 3.32. The van der Waals surface area contributed by atoms with Crippen LogP contribution >= 0.6 is 11.8 Å². The maximum absolute atomic E-state index is 11.8. The Morgan fingerprint density at radius 3 is 2.65 bits per heavy atom. The minimum absolute atomic E-state index is 0.395. The van der Waals surface area contributed by atoms with Crippen LogP contribution in [0.15, 0.2) is 23.5 Å². The molecule has 0 aliphatic rings. The number of nitrogens with zero attached hydrogens (tertiary/aromatic N) is 4. The van der Waals surface area contributed by atoms with Crippen molar-refractivity contribution in [2.45, 2.75) is 38.9 Å². The van der Waals surface area contributed by atoms with Gasteiger partial charge in [-0.25, -0.2) is 9.97 Å². The highest BCUT2D eigenvalue weighted by molar-refractivity contribution is 7.99. The molecule has 2 aromatic rings. The van der Waals surface area contributed by atoms with Gasteiger partial charge in [0.25, 0.3) is 0 Å². The highest BCUT2D eigenvalue weighted by atomic mass is 32.2. The third-order valence-electron chi connectivity index (χ3n) is 3.62. The van der Waals surface area contributed by atoms with Crippen LogP contribution in [-0.2, 0) is 11.3 Å². The Kier molecular flexibility index (Phi) is 7.65. The van der Waals surface area contributed by atoms with Gasteiger partial charge in [0.2, 0.25) is 6.41 Å². The van der Waals surface area contributed by atoms with E-state index >= 15 is 0 Å². The first kappa shape index (κ1) is 20.0. The van der Waals surface area contributed by atoms with Crippen molar-refractivity contribution in [3.05, 3.63) is 29.6 Å². The first-order valence-corrected chi connectivity index (χ1v) is 9.71. The molecule has 0 bridgehead atoms. The minimum atomic E-state index is 0.395. The molecule has 0 fully saturated rings. The Labute approximate surface area is 159 Å². The van der Waals surface area contributed by atoms with Crippen molar-refractivity contribution in [1.29, 1.82) is 0 Å². The van der Waals surface area contributed by atoms with E-state index in [9.17, 15) is 4.79 Å². The second-order valence-electron chi connectivity index (χ2n) is 5.72. The van der Waals surface area contributed by atoms with Crippen LogP contribution in [0.3, 0.4) is 0 Å². The fraction of sp³-hybridized carbons (Fsp3) is 0.444. The number of anilines is 3. The molecule has 0 radical (unpaired) electrons. The van der Waals surface area contributed by atoms with Crippen molar-refractivity contribution in [2.24, 2.45) is 0 Å². The van der Waals surface area contributed by atoms with E-state index in [-0.39, 0.29) is 0 Å². The van der Waals surface area contributed by atoms with E-state index in [2.05, 4.69) is 32.5 Å². The topological polar surface area (TPSA) is 83.0 Å². The van der Waals surface area contributed by atoms with E-state index in [1.54, 1.807) is 29.9 Å². The number of aryl methyl sites for hydroxylation is 1. The van der Waals surface area contributed by atoms with E-state index in [4.69, 9.17) is 0 Å². The third-order valence-corrected chi connectivity index (χ3v) is 4.68. The molecule has 0 atom stereocenters. The average Bonchev–Trinajstić information content (AvgIpc) is 2.65. The summed E-state index contributed by atoms with van der Waals surface area (Å²) in [7, 11) is 1.80. The maximum atomic E-state index is 11.8. The molecule has 0 aromatic carbocycles. The SMILES string of the molecule is CCCSc1nc(NCC)c(NC)c(N(C=O)Cc2ccc(C)nc2)n1. The van der Waals surface area contributed by atoms with E-state index in [0.29, 0.717) is 29.0 Å². The number of hydrogen-bond acceptors (Lipinski definition) is 7. The molecule has 0 aliphatic carbocycles. The molecule has 0 unspecified atom stereocenters. The molecular formula is C18H26N6OS. The van der Waals surface area contributed by atoms with Crippen LogP contribution in [0, 0.1) is 6.92 Å². The Hall–Kier alpha value is -2.35. The number of pyridine rings is 1. The van der Waals surface area contributed by atoms with E-state index in [1.807, 2.05) is 26.0 Å². The van der Waals surface area contributed by atoms with Gasteiger partial charge in [-0.15, -0.1) is 0 Å². The van der Waals surface area contributed by atoms with Gasteiger partial charge in [0, 0.05) is 31.2 Å². The van der Waals surface area contributed by atoms with Gasteiger partial charge in [-0.3, -0.25) is 14.7 Å². The van der Waals surface area contributed by atoms with Gasteiger partial charge in [0.15, 0.2) is 16.8 Å². The highest BCUT2D eigenvalue weighted by Crippen LogP contribution is 2.33. The summed E-state index contributed by atoms with van der Waals surface area (Å²) in [6.45, 7) is 7.18. The number of carbonyl (C=O) groups excluding carboxylic acids is 1. The molecule has 0 aliphatic heterocycles. The molecule has 0 saturated carbocycles. The summed E-state index contributed by atoms with van der Waals surface area (Å²) in [4.78, 5) is 26.9. The fourth-order valence-corrected chi connectivity index (χ4v) is 3.06. The molecule has 7 nitrogen and oxygen atoms in total. The molecule has 2 aromatic heterocycles. The summed E-state index contributed by atoms with van der Waals surface area (Å²) in [5.74, 6) is 2.19. The quantitative estimate of drug-likeness (QED) is 0.375. The second kappa shape index (κ2) is 9.96. The standard InChI is InChI=1S/C18H26N6OS/c1-5-9-26-18-22-16(20-6-2)15(19-4)17(23-18)24(12-25)11-14-8-7-13(3)21-10-14/h7-8,10,12,19H,5-6,9,11H2,1-4H3,(H,20,22,23). The van der Waals surface area contributed by atoms with Gasteiger partial charge in [-0.05, 0) is 31.9 Å². The Bertz CT molecular complexity index is 722.